The Hall–Kier alpha value is -2.97. The summed E-state index contributed by atoms with van der Waals surface area (Å²) in [6.45, 7) is 3.02. The van der Waals surface area contributed by atoms with Gasteiger partial charge in [-0.25, -0.2) is 0 Å². The molecule has 0 spiro atoms. The van der Waals surface area contributed by atoms with Crippen molar-refractivity contribution >= 4 is 29.1 Å². The van der Waals surface area contributed by atoms with Crippen molar-refractivity contribution in [3.05, 3.63) is 47.0 Å². The number of hydrogen-bond acceptors (Lipinski definition) is 6. The van der Waals surface area contributed by atoms with Gasteiger partial charge in [-0.05, 0) is 49.9 Å². The number of benzene rings is 2. The molecule has 0 fully saturated rings. The number of nitrogens with zero attached hydrogens (tertiary/aromatic N) is 1. The lowest BCUT2D eigenvalue weighted by molar-refractivity contribution is -0.123. The van der Waals surface area contributed by atoms with Crippen LogP contribution in [0.4, 0.5) is 5.69 Å². The zero-order valence-corrected chi connectivity index (χ0v) is 18.5. The Morgan fingerprint density at radius 3 is 2.55 bits per heavy atom. The third-order valence-electron chi connectivity index (χ3n) is 4.71. The fourth-order valence-electron chi connectivity index (χ4n) is 3.21. The lowest BCUT2D eigenvalue weighted by Gasteiger charge is -2.22. The van der Waals surface area contributed by atoms with Crippen molar-refractivity contribution < 1.29 is 23.8 Å². The van der Waals surface area contributed by atoms with Crippen molar-refractivity contribution in [2.45, 2.75) is 13.0 Å². The molecule has 1 aliphatic heterocycles. The van der Waals surface area contributed by atoms with Gasteiger partial charge in [-0.3, -0.25) is 14.5 Å². The van der Waals surface area contributed by atoms with Gasteiger partial charge in [0.2, 0.25) is 11.8 Å². The zero-order valence-electron chi connectivity index (χ0n) is 17.7. The maximum atomic E-state index is 12.4. The van der Waals surface area contributed by atoms with Crippen molar-refractivity contribution in [3.8, 4) is 17.2 Å². The molecule has 31 heavy (non-hydrogen) atoms. The van der Waals surface area contributed by atoms with E-state index in [0.717, 1.165) is 5.56 Å². The molecule has 3 rings (SSSR count). The Morgan fingerprint density at radius 2 is 1.81 bits per heavy atom. The summed E-state index contributed by atoms with van der Waals surface area (Å²) < 4.78 is 16.3. The van der Waals surface area contributed by atoms with E-state index in [1.54, 1.807) is 30.1 Å². The average molecular weight is 448 g/mol. The summed E-state index contributed by atoms with van der Waals surface area (Å²) in [4.78, 5) is 26.4. The topological polar surface area (TPSA) is 89.1 Å². The number of ether oxygens (including phenoxy) is 3. The molecule has 0 bridgehead atoms. The van der Waals surface area contributed by atoms with E-state index >= 15 is 0 Å². The van der Waals surface area contributed by atoms with E-state index in [1.165, 1.54) is 7.11 Å². The van der Waals surface area contributed by atoms with E-state index in [-0.39, 0.29) is 30.9 Å². The molecule has 1 aliphatic rings. The van der Waals surface area contributed by atoms with Gasteiger partial charge in [0.05, 0.1) is 31.9 Å². The highest BCUT2D eigenvalue weighted by atomic mass is 35.5. The van der Waals surface area contributed by atoms with Crippen LogP contribution in [-0.2, 0) is 9.59 Å². The molecule has 2 amide bonds. The second-order valence-electron chi connectivity index (χ2n) is 7.26. The van der Waals surface area contributed by atoms with Crippen molar-refractivity contribution in [1.82, 2.24) is 10.2 Å². The maximum Gasteiger partial charge on any atom is 0.238 e. The van der Waals surface area contributed by atoms with Crippen LogP contribution >= 0.6 is 11.6 Å². The van der Waals surface area contributed by atoms with E-state index < -0.39 is 0 Å². The Bertz CT molecular complexity index is 953. The molecule has 2 aromatic carbocycles. The third kappa shape index (κ3) is 6.26. The summed E-state index contributed by atoms with van der Waals surface area (Å²) in [6.07, 6.45) is 0. The van der Waals surface area contributed by atoms with Gasteiger partial charge in [0.15, 0.2) is 11.5 Å². The van der Waals surface area contributed by atoms with E-state index in [4.69, 9.17) is 25.8 Å². The van der Waals surface area contributed by atoms with Crippen LogP contribution in [0.2, 0.25) is 5.02 Å². The molecule has 1 heterocycles. The van der Waals surface area contributed by atoms with Crippen LogP contribution in [-0.4, -0.2) is 57.2 Å². The molecule has 0 saturated carbocycles. The number of halogens is 1. The van der Waals surface area contributed by atoms with E-state index in [1.807, 2.05) is 25.1 Å². The lowest BCUT2D eigenvalue weighted by atomic mass is 10.1. The van der Waals surface area contributed by atoms with Crippen LogP contribution < -0.4 is 24.8 Å². The molecule has 2 aromatic rings. The Labute approximate surface area is 186 Å². The number of rotatable bonds is 8. The highest BCUT2D eigenvalue weighted by molar-refractivity contribution is 6.31. The zero-order chi connectivity index (χ0) is 22.4. The number of likely N-dealkylation sites (N-methyl/N-ethyl adjacent to an activating group) is 1. The minimum absolute atomic E-state index is 0.0293. The minimum Gasteiger partial charge on any atom is -0.495 e. The first-order chi connectivity index (χ1) is 14.9. The van der Waals surface area contributed by atoms with Crippen LogP contribution in [0.15, 0.2) is 36.4 Å². The van der Waals surface area contributed by atoms with E-state index in [0.29, 0.717) is 41.2 Å². The number of methoxy groups -OCH3 is 1. The first-order valence-corrected chi connectivity index (χ1v) is 10.2. The standard InChI is InChI=1S/C22H26ClN3O5/c1-14(15-4-6-19-20(10-15)31-9-8-30-19)24-21(27)12-26(2)13-22(28)25-17-11-16(23)5-7-18(17)29-3/h4-7,10-11,14H,8-9,12-13H2,1-3H3,(H,24,27)(H,25,28)/t14-/m0/s1. The Morgan fingerprint density at radius 1 is 1.10 bits per heavy atom. The van der Waals surface area contributed by atoms with Crippen LogP contribution in [0.1, 0.15) is 18.5 Å². The van der Waals surface area contributed by atoms with Gasteiger partial charge in [-0.15, -0.1) is 0 Å². The van der Waals surface area contributed by atoms with Crippen LogP contribution in [0.3, 0.4) is 0 Å². The maximum absolute atomic E-state index is 12.4. The molecule has 2 N–H and O–H groups in total. The van der Waals surface area contributed by atoms with Crippen LogP contribution in [0, 0.1) is 0 Å². The third-order valence-corrected chi connectivity index (χ3v) is 4.94. The monoisotopic (exact) mass is 447 g/mol. The largest absolute Gasteiger partial charge is 0.495 e. The summed E-state index contributed by atoms with van der Waals surface area (Å²) in [5.41, 5.74) is 1.39. The predicted octanol–water partition coefficient (Wildman–Crippen LogP) is 2.87. The molecule has 9 heteroatoms. The van der Waals surface area contributed by atoms with Gasteiger partial charge in [-0.2, -0.15) is 0 Å². The van der Waals surface area contributed by atoms with Crippen molar-refractivity contribution in [2.24, 2.45) is 0 Å². The second kappa shape index (κ2) is 10.4. The average Bonchev–Trinajstić information content (AvgIpc) is 2.73. The molecule has 0 saturated heterocycles. The van der Waals surface area contributed by atoms with Crippen LogP contribution in [0.25, 0.3) is 0 Å². The number of hydrogen-bond donors (Lipinski definition) is 2. The highest BCUT2D eigenvalue weighted by Crippen LogP contribution is 2.32. The molecular formula is C22H26ClN3O5. The van der Waals surface area contributed by atoms with Crippen molar-refractivity contribution in [3.63, 3.8) is 0 Å². The molecular weight excluding hydrogens is 422 g/mol. The van der Waals surface area contributed by atoms with Crippen molar-refractivity contribution in [1.29, 1.82) is 0 Å². The van der Waals surface area contributed by atoms with Gasteiger partial charge in [-0.1, -0.05) is 17.7 Å². The second-order valence-corrected chi connectivity index (χ2v) is 7.69. The summed E-state index contributed by atoms with van der Waals surface area (Å²) >= 11 is 5.98. The summed E-state index contributed by atoms with van der Waals surface area (Å²) in [5.74, 6) is 1.41. The van der Waals surface area contributed by atoms with E-state index in [2.05, 4.69) is 10.6 Å². The summed E-state index contributed by atoms with van der Waals surface area (Å²) in [5, 5.41) is 6.17. The molecule has 0 aromatic heterocycles. The summed E-state index contributed by atoms with van der Waals surface area (Å²) in [6, 6.07) is 10.3. The first kappa shape index (κ1) is 22.7. The SMILES string of the molecule is COc1ccc(Cl)cc1NC(=O)CN(C)CC(=O)N[C@@H](C)c1ccc2c(c1)OCCO2. The number of amides is 2. The van der Waals surface area contributed by atoms with Crippen molar-refractivity contribution in [2.75, 3.05) is 45.8 Å². The van der Waals surface area contributed by atoms with Gasteiger partial charge in [0.25, 0.3) is 0 Å². The quantitative estimate of drug-likeness (QED) is 0.646. The van der Waals surface area contributed by atoms with Gasteiger partial charge < -0.3 is 24.8 Å². The molecule has 0 aliphatic carbocycles. The Balaban J connectivity index is 1.50. The lowest BCUT2D eigenvalue weighted by Crippen LogP contribution is -2.39. The van der Waals surface area contributed by atoms with Gasteiger partial charge in [0, 0.05) is 5.02 Å². The first-order valence-electron chi connectivity index (χ1n) is 9.86. The van der Waals surface area contributed by atoms with Gasteiger partial charge >= 0.3 is 0 Å². The van der Waals surface area contributed by atoms with Gasteiger partial charge in [0.1, 0.15) is 19.0 Å². The molecule has 8 nitrogen and oxygen atoms in total. The molecule has 0 radical (unpaired) electrons. The number of fused-ring (bicyclic) bond motifs is 1. The van der Waals surface area contributed by atoms with Crippen LogP contribution in [0.5, 0.6) is 17.2 Å². The minimum atomic E-state index is -0.282. The van der Waals surface area contributed by atoms with E-state index in [9.17, 15) is 9.59 Å². The normalized spacial score (nSPS) is 13.5. The molecule has 1 atom stereocenters. The molecule has 166 valence electrons. The fraction of sp³-hybridized carbons (Fsp3) is 0.364. The smallest absolute Gasteiger partial charge is 0.238 e. The summed E-state index contributed by atoms with van der Waals surface area (Å²) in [7, 11) is 3.21. The Kier molecular flexibility index (Phi) is 7.59. The molecule has 0 unspecified atom stereocenters. The number of carbonyl (C=O) groups excluding carboxylic acids is 2. The number of anilines is 1. The fourth-order valence-corrected chi connectivity index (χ4v) is 3.39. The highest BCUT2D eigenvalue weighted by Gasteiger charge is 2.17. The number of nitrogens with one attached hydrogen (secondary N) is 2. The predicted molar refractivity (Wildman–Crippen MR) is 118 cm³/mol. The number of carbonyl (C=O) groups is 2.